The number of halogens is 1. The molecule has 8 heteroatoms. The number of carbonyl (C=O) groups excluding carboxylic acids is 1. The monoisotopic (exact) mass is 396 g/mol. The Kier molecular flexibility index (Phi) is 6.05. The highest BCUT2D eigenvalue weighted by atomic mass is 32.2. The van der Waals surface area contributed by atoms with Crippen LogP contribution in [0, 0.1) is 5.82 Å². The molecule has 5 nitrogen and oxygen atoms in total. The molecule has 26 heavy (non-hydrogen) atoms. The van der Waals surface area contributed by atoms with Gasteiger partial charge in [0.2, 0.25) is 5.91 Å². The van der Waals surface area contributed by atoms with E-state index < -0.39 is 10.0 Å². The van der Waals surface area contributed by atoms with Crippen LogP contribution in [0.4, 0.5) is 4.39 Å². The summed E-state index contributed by atoms with van der Waals surface area (Å²) in [5, 5.41) is 2.75. The lowest BCUT2D eigenvalue weighted by Crippen LogP contribution is -2.35. The van der Waals surface area contributed by atoms with Crippen LogP contribution in [0.5, 0.6) is 0 Å². The molecular formula is C18H21FN2O3S2. The van der Waals surface area contributed by atoms with Crippen LogP contribution in [-0.2, 0) is 27.8 Å². The topological polar surface area (TPSA) is 66.5 Å². The second-order valence-electron chi connectivity index (χ2n) is 6.27. The van der Waals surface area contributed by atoms with Gasteiger partial charge in [0.15, 0.2) is 0 Å². The van der Waals surface area contributed by atoms with Crippen molar-refractivity contribution in [2.24, 2.45) is 0 Å². The van der Waals surface area contributed by atoms with E-state index in [0.29, 0.717) is 22.9 Å². The predicted molar refractivity (Wildman–Crippen MR) is 98.9 cm³/mol. The lowest BCUT2D eigenvalue weighted by molar-refractivity contribution is -0.120. The maximum absolute atomic E-state index is 13.1. The molecule has 0 unspecified atom stereocenters. The minimum absolute atomic E-state index is 0.0854. The zero-order valence-corrected chi connectivity index (χ0v) is 15.9. The van der Waals surface area contributed by atoms with Crippen LogP contribution in [0.2, 0.25) is 0 Å². The maximum Gasteiger partial charge on any atom is 0.252 e. The Labute approximate surface area is 156 Å². The third-order valence-electron chi connectivity index (χ3n) is 4.26. The molecule has 3 rings (SSSR count). The maximum atomic E-state index is 13.1. The van der Waals surface area contributed by atoms with Crippen LogP contribution in [0.25, 0.3) is 0 Å². The van der Waals surface area contributed by atoms with Gasteiger partial charge in [0, 0.05) is 18.0 Å². The van der Waals surface area contributed by atoms with Crippen molar-refractivity contribution in [3.63, 3.8) is 0 Å². The van der Waals surface area contributed by atoms with E-state index in [1.807, 2.05) is 0 Å². The fourth-order valence-electron chi connectivity index (χ4n) is 2.90. The van der Waals surface area contributed by atoms with Crippen molar-refractivity contribution in [2.75, 3.05) is 13.1 Å². The average molecular weight is 397 g/mol. The predicted octanol–water partition coefficient (Wildman–Crippen LogP) is 2.92. The van der Waals surface area contributed by atoms with Gasteiger partial charge < -0.3 is 5.32 Å². The Balaban J connectivity index is 1.57. The molecule has 0 aliphatic carbocycles. The average Bonchev–Trinajstić information content (AvgIpc) is 3.11. The number of benzene rings is 1. The van der Waals surface area contributed by atoms with E-state index >= 15 is 0 Å². The molecule has 2 heterocycles. The number of nitrogens with one attached hydrogen (secondary N) is 1. The molecule has 2 aromatic rings. The summed E-state index contributed by atoms with van der Waals surface area (Å²) < 4.78 is 40.2. The van der Waals surface area contributed by atoms with Gasteiger partial charge in [-0.2, -0.15) is 4.31 Å². The van der Waals surface area contributed by atoms with Gasteiger partial charge in [0.05, 0.1) is 13.0 Å². The first-order chi connectivity index (χ1) is 12.4. The van der Waals surface area contributed by atoms with Gasteiger partial charge in [0.25, 0.3) is 10.0 Å². The Bertz CT molecular complexity index is 874. The third kappa shape index (κ3) is 4.69. The Morgan fingerprint density at radius 1 is 1.15 bits per heavy atom. The summed E-state index contributed by atoms with van der Waals surface area (Å²) in [4.78, 5) is 12.8. The molecule has 1 aromatic heterocycles. The van der Waals surface area contributed by atoms with E-state index in [4.69, 9.17) is 0 Å². The summed E-state index contributed by atoms with van der Waals surface area (Å²) >= 11 is 1.18. The number of thiophene rings is 1. The fraction of sp³-hybridized carbons (Fsp3) is 0.389. The molecule has 1 fully saturated rings. The molecular weight excluding hydrogens is 375 g/mol. The Hall–Kier alpha value is -1.77. The van der Waals surface area contributed by atoms with Gasteiger partial charge in [-0.3, -0.25) is 4.79 Å². The van der Waals surface area contributed by atoms with Crippen molar-refractivity contribution in [1.82, 2.24) is 9.62 Å². The number of sulfonamides is 1. The van der Waals surface area contributed by atoms with Crippen LogP contribution < -0.4 is 5.32 Å². The molecule has 1 aromatic carbocycles. The number of hydrogen-bond acceptors (Lipinski definition) is 4. The van der Waals surface area contributed by atoms with E-state index in [1.54, 1.807) is 24.3 Å². The number of hydrogen-bond donors (Lipinski definition) is 1. The zero-order valence-electron chi connectivity index (χ0n) is 14.3. The molecule has 1 N–H and O–H groups in total. The third-order valence-corrected chi connectivity index (χ3v) is 7.71. The van der Waals surface area contributed by atoms with Crippen molar-refractivity contribution in [2.45, 2.75) is 36.4 Å². The molecule has 1 aliphatic rings. The molecule has 0 bridgehead atoms. The molecule has 0 saturated carbocycles. The SMILES string of the molecule is O=C(Cc1cccc(F)c1)NCc1ccc(S(=O)(=O)N2CCCCC2)s1. The molecule has 1 amide bonds. The normalized spacial score (nSPS) is 15.7. The molecule has 0 atom stereocenters. The van der Waals surface area contributed by atoms with Gasteiger partial charge in [-0.15, -0.1) is 11.3 Å². The number of carbonyl (C=O) groups is 1. The van der Waals surface area contributed by atoms with E-state index in [9.17, 15) is 17.6 Å². The second-order valence-corrected chi connectivity index (χ2v) is 9.60. The zero-order chi connectivity index (χ0) is 18.6. The largest absolute Gasteiger partial charge is 0.351 e. The standard InChI is InChI=1S/C18H21FN2O3S2/c19-15-6-4-5-14(11-15)12-17(22)20-13-16-7-8-18(25-16)26(23,24)21-9-2-1-3-10-21/h4-8,11H,1-3,9-10,12-13H2,(H,20,22). The summed E-state index contributed by atoms with van der Waals surface area (Å²) in [5.41, 5.74) is 0.599. The summed E-state index contributed by atoms with van der Waals surface area (Å²) in [7, 11) is -3.44. The van der Waals surface area contributed by atoms with Crippen molar-refractivity contribution in [3.8, 4) is 0 Å². The van der Waals surface area contributed by atoms with E-state index in [-0.39, 0.29) is 24.7 Å². The summed E-state index contributed by atoms with van der Waals surface area (Å²) in [6, 6.07) is 9.24. The van der Waals surface area contributed by atoms with Gasteiger partial charge >= 0.3 is 0 Å². The van der Waals surface area contributed by atoms with E-state index in [0.717, 1.165) is 24.1 Å². The summed E-state index contributed by atoms with van der Waals surface area (Å²) in [5.74, 6) is -0.606. The number of nitrogens with zero attached hydrogens (tertiary/aromatic N) is 1. The number of amides is 1. The minimum Gasteiger partial charge on any atom is -0.351 e. The van der Waals surface area contributed by atoms with Crippen LogP contribution in [-0.4, -0.2) is 31.7 Å². The van der Waals surface area contributed by atoms with Crippen molar-refractivity contribution >= 4 is 27.3 Å². The molecule has 140 valence electrons. The van der Waals surface area contributed by atoms with Crippen molar-refractivity contribution in [3.05, 3.63) is 52.7 Å². The molecule has 0 radical (unpaired) electrons. The fourth-order valence-corrected chi connectivity index (χ4v) is 5.87. The summed E-state index contributed by atoms with van der Waals surface area (Å²) in [6.07, 6.45) is 2.95. The van der Waals surface area contributed by atoms with Crippen molar-refractivity contribution in [1.29, 1.82) is 0 Å². The quantitative estimate of drug-likeness (QED) is 0.816. The highest BCUT2D eigenvalue weighted by Crippen LogP contribution is 2.27. The molecule has 1 saturated heterocycles. The van der Waals surface area contributed by atoms with Crippen molar-refractivity contribution < 1.29 is 17.6 Å². The Morgan fingerprint density at radius 3 is 2.65 bits per heavy atom. The van der Waals surface area contributed by atoms with Crippen LogP contribution in [0.15, 0.2) is 40.6 Å². The van der Waals surface area contributed by atoms with Crippen LogP contribution in [0.3, 0.4) is 0 Å². The van der Waals surface area contributed by atoms with Gasteiger partial charge in [-0.05, 0) is 42.7 Å². The van der Waals surface area contributed by atoms with E-state index in [2.05, 4.69) is 5.32 Å². The molecule has 0 spiro atoms. The molecule has 1 aliphatic heterocycles. The Morgan fingerprint density at radius 2 is 1.92 bits per heavy atom. The van der Waals surface area contributed by atoms with Crippen LogP contribution >= 0.6 is 11.3 Å². The lowest BCUT2D eigenvalue weighted by Gasteiger charge is -2.25. The van der Waals surface area contributed by atoms with Crippen LogP contribution in [0.1, 0.15) is 29.7 Å². The first-order valence-electron chi connectivity index (χ1n) is 8.55. The summed E-state index contributed by atoms with van der Waals surface area (Å²) in [6.45, 7) is 1.40. The first-order valence-corrected chi connectivity index (χ1v) is 10.8. The van der Waals surface area contributed by atoms with Gasteiger partial charge in [-0.25, -0.2) is 12.8 Å². The minimum atomic E-state index is -3.44. The lowest BCUT2D eigenvalue weighted by atomic mass is 10.1. The highest BCUT2D eigenvalue weighted by molar-refractivity contribution is 7.91. The smallest absolute Gasteiger partial charge is 0.252 e. The van der Waals surface area contributed by atoms with Gasteiger partial charge in [-0.1, -0.05) is 18.6 Å². The number of piperidine rings is 1. The highest BCUT2D eigenvalue weighted by Gasteiger charge is 2.27. The first kappa shape index (κ1) is 19.0. The van der Waals surface area contributed by atoms with Gasteiger partial charge in [0.1, 0.15) is 10.0 Å². The number of rotatable bonds is 6. The second kappa shape index (κ2) is 8.28. The van der Waals surface area contributed by atoms with E-state index in [1.165, 1.54) is 27.8 Å².